The van der Waals surface area contributed by atoms with E-state index in [1.165, 1.54) is 12.3 Å². The lowest BCUT2D eigenvalue weighted by Gasteiger charge is -2.35. The van der Waals surface area contributed by atoms with Gasteiger partial charge in [-0.1, -0.05) is 12.1 Å². The van der Waals surface area contributed by atoms with Gasteiger partial charge in [0.1, 0.15) is 17.5 Å². The van der Waals surface area contributed by atoms with Crippen LogP contribution in [0, 0.1) is 11.7 Å². The van der Waals surface area contributed by atoms with Crippen molar-refractivity contribution in [3.05, 3.63) is 72.0 Å². The van der Waals surface area contributed by atoms with Gasteiger partial charge in [0.2, 0.25) is 0 Å². The molecule has 39 heavy (non-hydrogen) atoms. The fraction of sp³-hybridized carbons (Fsp3) is 0.433. The molecule has 0 bridgehead atoms. The number of carboxylic acid groups (broad SMARTS) is 1. The average Bonchev–Trinajstić information content (AvgIpc) is 3.46. The van der Waals surface area contributed by atoms with Crippen LogP contribution >= 0.6 is 0 Å². The van der Waals surface area contributed by atoms with Crippen LogP contribution in [0.5, 0.6) is 0 Å². The molecule has 3 aromatic rings. The van der Waals surface area contributed by atoms with Gasteiger partial charge in [-0.2, -0.15) is 0 Å². The van der Waals surface area contributed by atoms with E-state index in [1.807, 2.05) is 18.2 Å². The van der Waals surface area contributed by atoms with Crippen LogP contribution in [0.3, 0.4) is 0 Å². The third kappa shape index (κ3) is 6.20. The maximum Gasteiger partial charge on any atom is 0.417 e. The highest BCUT2D eigenvalue weighted by molar-refractivity contribution is 6.28. The minimum Gasteiger partial charge on any atom is -0.473 e. The molecule has 2 atom stereocenters. The Morgan fingerprint density at radius 1 is 1.15 bits per heavy atom. The van der Waals surface area contributed by atoms with E-state index in [4.69, 9.17) is 14.3 Å². The summed E-state index contributed by atoms with van der Waals surface area (Å²) in [7, 11) is 0. The molecule has 0 amide bonds. The summed E-state index contributed by atoms with van der Waals surface area (Å²) in [4.78, 5) is 29.1. The molecule has 1 saturated carbocycles. The number of nitrogens with zero attached hydrogens (tertiary/aromatic N) is 2. The number of hydrogen-bond acceptors (Lipinski definition) is 7. The number of aromatic nitrogens is 1. The maximum atomic E-state index is 14.1. The topological polar surface area (TPSA) is 113 Å². The zero-order chi connectivity index (χ0) is 27.4. The van der Waals surface area contributed by atoms with Gasteiger partial charge < -0.3 is 19.4 Å². The Morgan fingerprint density at radius 2 is 1.97 bits per heavy atom. The molecule has 2 unspecified atom stereocenters. The van der Waals surface area contributed by atoms with Crippen molar-refractivity contribution in [1.82, 2.24) is 9.88 Å². The molecule has 5 rings (SSSR count). The Kier molecular flexibility index (Phi) is 8.38. The Bertz CT molecular complexity index is 1330. The number of rotatable bonds is 8. The molecule has 1 aromatic carbocycles. The molecule has 1 aliphatic carbocycles. The summed E-state index contributed by atoms with van der Waals surface area (Å²) in [5.41, 5.74) is 3.51. The van der Waals surface area contributed by atoms with Crippen LogP contribution < -0.4 is 0 Å². The van der Waals surface area contributed by atoms with Crippen molar-refractivity contribution >= 4 is 28.5 Å². The van der Waals surface area contributed by atoms with Crippen molar-refractivity contribution < 1.29 is 33.3 Å². The molecule has 1 fully saturated rings. The van der Waals surface area contributed by atoms with Crippen molar-refractivity contribution in [2.24, 2.45) is 5.92 Å². The molecule has 2 aliphatic rings. The number of carbonyl (C=O) groups is 2. The lowest BCUT2D eigenvalue weighted by molar-refractivity contribution is -0.168. The number of aliphatic hydroxyl groups excluding tert-OH is 1. The number of ether oxygens (including phenoxy) is 1. The first-order valence-corrected chi connectivity index (χ1v) is 13.5. The highest BCUT2D eigenvalue weighted by Crippen LogP contribution is 2.36. The number of hydrogen-bond donors (Lipinski definition) is 2. The van der Waals surface area contributed by atoms with Crippen LogP contribution in [0.25, 0.3) is 16.5 Å². The molecule has 2 N–H and O–H groups in total. The first kappa shape index (κ1) is 27.0. The van der Waals surface area contributed by atoms with Crippen molar-refractivity contribution in [2.75, 3.05) is 19.6 Å². The molecule has 0 radical (unpaired) electrons. The van der Waals surface area contributed by atoms with Crippen molar-refractivity contribution in [1.29, 1.82) is 0 Å². The number of carbonyl (C=O) groups excluding carboxylic acids is 1. The molecular formula is C30H33FN2O6. The highest BCUT2D eigenvalue weighted by atomic mass is 19.1. The number of benzene rings is 1. The van der Waals surface area contributed by atoms with Gasteiger partial charge in [0, 0.05) is 36.5 Å². The summed E-state index contributed by atoms with van der Waals surface area (Å²) in [6.45, 7) is 2.38. The molecule has 1 aliphatic heterocycles. The lowest BCUT2D eigenvalue weighted by atomic mass is 9.77. The third-order valence-corrected chi connectivity index (χ3v) is 8.09. The fourth-order valence-electron chi connectivity index (χ4n) is 5.93. The second kappa shape index (κ2) is 12.1. The van der Waals surface area contributed by atoms with Crippen LogP contribution in [-0.4, -0.2) is 63.9 Å². The van der Waals surface area contributed by atoms with Crippen LogP contribution in [0.15, 0.2) is 59.4 Å². The first-order chi connectivity index (χ1) is 18.9. The predicted molar refractivity (Wildman–Crippen MR) is 142 cm³/mol. The molecular weight excluding hydrogens is 503 g/mol. The standard InChI is InChI=1S/C30H33FN2O6/c31-25-9-8-22(28-23(25)13-18-38-28)19-10-15-33(16-11-19)17-12-24(26-3-1-2-14-32-26)27(34)20-4-6-21(7-5-20)39-30(37)29(35)36/h1-3,8-10,13-14,18,20-21,24,27,34H,4-7,11-12,15-17H2,(H,35,36). The van der Waals surface area contributed by atoms with Gasteiger partial charge in [-0.05, 0) is 86.9 Å². The van der Waals surface area contributed by atoms with Crippen LogP contribution in [0.4, 0.5) is 4.39 Å². The Hall–Kier alpha value is -3.56. The van der Waals surface area contributed by atoms with Gasteiger partial charge in [-0.25, -0.2) is 14.0 Å². The molecule has 0 spiro atoms. The highest BCUT2D eigenvalue weighted by Gasteiger charge is 2.34. The summed E-state index contributed by atoms with van der Waals surface area (Å²) >= 11 is 0. The lowest BCUT2D eigenvalue weighted by Crippen LogP contribution is -2.37. The van der Waals surface area contributed by atoms with E-state index in [1.54, 1.807) is 18.3 Å². The van der Waals surface area contributed by atoms with Gasteiger partial charge >= 0.3 is 11.9 Å². The van der Waals surface area contributed by atoms with Gasteiger partial charge in [-0.15, -0.1) is 0 Å². The number of aliphatic carboxylic acids is 1. The molecule has 3 heterocycles. The zero-order valence-corrected chi connectivity index (χ0v) is 21.7. The molecule has 206 valence electrons. The van der Waals surface area contributed by atoms with Crippen LogP contribution in [0.2, 0.25) is 0 Å². The summed E-state index contributed by atoms with van der Waals surface area (Å²) in [5.74, 6) is -3.23. The number of fused-ring (bicyclic) bond motifs is 1. The smallest absolute Gasteiger partial charge is 0.417 e. The zero-order valence-electron chi connectivity index (χ0n) is 21.7. The summed E-state index contributed by atoms with van der Waals surface area (Å²) in [6, 6.07) is 10.7. The van der Waals surface area contributed by atoms with Crippen molar-refractivity contribution in [3.8, 4) is 0 Å². The molecule has 9 heteroatoms. The Labute approximate surface area is 226 Å². The van der Waals surface area contributed by atoms with Gasteiger partial charge in [-0.3, -0.25) is 9.88 Å². The predicted octanol–water partition coefficient (Wildman–Crippen LogP) is 4.78. The number of aliphatic hydroxyl groups is 1. The third-order valence-electron chi connectivity index (χ3n) is 8.09. The van der Waals surface area contributed by atoms with Crippen LogP contribution in [0.1, 0.15) is 55.7 Å². The fourth-order valence-corrected chi connectivity index (χ4v) is 5.93. The minimum atomic E-state index is -1.58. The minimum absolute atomic E-state index is 0.0128. The summed E-state index contributed by atoms with van der Waals surface area (Å²) < 4.78 is 24.7. The molecule has 8 nitrogen and oxygen atoms in total. The molecule has 0 saturated heterocycles. The van der Waals surface area contributed by atoms with E-state index >= 15 is 0 Å². The first-order valence-electron chi connectivity index (χ1n) is 13.5. The van der Waals surface area contributed by atoms with E-state index in [9.17, 15) is 19.1 Å². The van der Waals surface area contributed by atoms with E-state index in [2.05, 4.69) is 16.0 Å². The second-order valence-electron chi connectivity index (χ2n) is 10.4. The number of halogens is 1. The van der Waals surface area contributed by atoms with E-state index in [0.717, 1.165) is 49.3 Å². The monoisotopic (exact) mass is 536 g/mol. The summed E-state index contributed by atoms with van der Waals surface area (Å²) in [5, 5.41) is 20.7. The van der Waals surface area contributed by atoms with Crippen molar-refractivity contribution in [2.45, 2.75) is 56.7 Å². The average molecular weight is 537 g/mol. The van der Waals surface area contributed by atoms with Crippen LogP contribution in [-0.2, 0) is 14.3 Å². The van der Waals surface area contributed by atoms with Gasteiger partial charge in [0.25, 0.3) is 0 Å². The Morgan fingerprint density at radius 3 is 2.67 bits per heavy atom. The normalized spacial score (nSPS) is 21.7. The largest absolute Gasteiger partial charge is 0.473 e. The molecule has 2 aromatic heterocycles. The number of esters is 1. The van der Waals surface area contributed by atoms with E-state index < -0.39 is 24.1 Å². The quantitative estimate of drug-likeness (QED) is 0.313. The number of pyridine rings is 1. The SMILES string of the molecule is O=C(O)C(=O)OC1CCC(C(O)C(CCN2CC=C(c3ccc(F)c4ccoc34)CC2)c2ccccn2)CC1. The van der Waals surface area contributed by atoms with E-state index in [0.29, 0.717) is 36.7 Å². The second-order valence-corrected chi connectivity index (χ2v) is 10.4. The van der Waals surface area contributed by atoms with Gasteiger partial charge in [0.05, 0.1) is 17.8 Å². The van der Waals surface area contributed by atoms with Gasteiger partial charge in [0.15, 0.2) is 0 Å². The summed E-state index contributed by atoms with van der Waals surface area (Å²) in [6.07, 6.45) is 8.30. The van der Waals surface area contributed by atoms with E-state index in [-0.39, 0.29) is 17.7 Å². The number of carboxylic acids is 1. The Balaban J connectivity index is 1.21. The maximum absolute atomic E-state index is 14.1. The number of furan rings is 1. The van der Waals surface area contributed by atoms with Crippen molar-refractivity contribution in [3.63, 3.8) is 0 Å².